The molecular formula is C12H11Cl2N5O2S. The smallest absolute Gasteiger partial charge is 0.210 e. The second-order valence-corrected chi connectivity index (χ2v) is 7.48. The standard InChI is InChI=1S/C12H11Cl2N5O2S/c1-17(2)22(20,21)19-11-7-9(14)8(13)6-10(11)16-12(19)18-5-3-4-15-18/h3-7H,1-2H3. The van der Waals surface area contributed by atoms with E-state index in [4.69, 9.17) is 23.2 Å². The number of nitrogens with zero attached hydrogens (tertiary/aromatic N) is 5. The molecule has 0 bridgehead atoms. The van der Waals surface area contributed by atoms with E-state index in [0.717, 1.165) is 8.28 Å². The van der Waals surface area contributed by atoms with E-state index in [9.17, 15) is 8.42 Å². The molecule has 0 aliphatic rings. The highest BCUT2D eigenvalue weighted by molar-refractivity contribution is 7.87. The molecule has 0 fully saturated rings. The summed E-state index contributed by atoms with van der Waals surface area (Å²) in [5.41, 5.74) is 0.735. The fourth-order valence-electron chi connectivity index (χ4n) is 1.96. The molecular weight excluding hydrogens is 349 g/mol. The predicted octanol–water partition coefficient (Wildman–Crippen LogP) is 2.18. The van der Waals surface area contributed by atoms with Crippen LogP contribution in [-0.2, 0) is 10.2 Å². The quantitative estimate of drug-likeness (QED) is 0.718. The molecule has 2 heterocycles. The van der Waals surface area contributed by atoms with Crippen LogP contribution in [0.2, 0.25) is 10.0 Å². The van der Waals surface area contributed by atoms with E-state index >= 15 is 0 Å². The Labute approximate surface area is 136 Å². The minimum atomic E-state index is -3.82. The highest BCUT2D eigenvalue weighted by Crippen LogP contribution is 2.30. The number of fused-ring (bicyclic) bond motifs is 1. The molecule has 3 rings (SSSR count). The van der Waals surface area contributed by atoms with E-state index in [2.05, 4.69) is 10.1 Å². The summed E-state index contributed by atoms with van der Waals surface area (Å²) >= 11 is 12.0. The third-order valence-corrected chi connectivity index (χ3v) is 5.51. The van der Waals surface area contributed by atoms with Crippen LogP contribution in [0.15, 0.2) is 30.6 Å². The van der Waals surface area contributed by atoms with Crippen molar-refractivity contribution in [3.8, 4) is 5.95 Å². The van der Waals surface area contributed by atoms with Crippen LogP contribution in [0.25, 0.3) is 17.0 Å². The van der Waals surface area contributed by atoms with Crippen molar-refractivity contribution < 1.29 is 8.42 Å². The molecule has 2 aromatic heterocycles. The van der Waals surface area contributed by atoms with E-state index in [-0.39, 0.29) is 11.0 Å². The zero-order chi connectivity index (χ0) is 16.1. The lowest BCUT2D eigenvalue weighted by Gasteiger charge is -2.15. The van der Waals surface area contributed by atoms with Gasteiger partial charge in [0.2, 0.25) is 5.95 Å². The molecule has 0 saturated carbocycles. The maximum Gasteiger partial charge on any atom is 0.310 e. The first-order valence-electron chi connectivity index (χ1n) is 6.13. The average Bonchev–Trinajstić information content (AvgIpc) is 3.06. The maximum absolute atomic E-state index is 12.7. The SMILES string of the molecule is CN(C)S(=O)(=O)n1c(-n2cccn2)nc2cc(Cl)c(Cl)cc21. The molecule has 0 amide bonds. The molecule has 0 aliphatic heterocycles. The first kappa shape index (κ1) is 15.3. The number of halogens is 2. The van der Waals surface area contributed by atoms with Crippen molar-refractivity contribution in [2.75, 3.05) is 14.1 Å². The monoisotopic (exact) mass is 359 g/mol. The van der Waals surface area contributed by atoms with Gasteiger partial charge in [-0.05, 0) is 18.2 Å². The van der Waals surface area contributed by atoms with E-state index < -0.39 is 10.2 Å². The highest BCUT2D eigenvalue weighted by atomic mass is 35.5. The Balaban J connectivity index is 2.45. The normalized spacial score (nSPS) is 12.4. The first-order chi connectivity index (χ1) is 10.3. The Hall–Kier alpha value is -1.61. The van der Waals surface area contributed by atoms with Gasteiger partial charge in [0.25, 0.3) is 0 Å². The molecule has 1 aromatic carbocycles. The van der Waals surface area contributed by atoms with Gasteiger partial charge in [-0.25, -0.2) is 9.67 Å². The zero-order valence-electron chi connectivity index (χ0n) is 11.6. The number of benzene rings is 1. The van der Waals surface area contributed by atoms with Gasteiger partial charge in [-0.3, -0.25) is 0 Å². The summed E-state index contributed by atoms with van der Waals surface area (Å²) in [6.07, 6.45) is 3.14. The van der Waals surface area contributed by atoms with Gasteiger partial charge in [0.15, 0.2) is 0 Å². The summed E-state index contributed by atoms with van der Waals surface area (Å²) in [7, 11) is -0.949. The molecule has 116 valence electrons. The Bertz CT molecular complexity index is 948. The van der Waals surface area contributed by atoms with Crippen LogP contribution in [0.4, 0.5) is 0 Å². The van der Waals surface area contributed by atoms with Gasteiger partial charge in [0.05, 0.1) is 21.1 Å². The number of hydrogen-bond acceptors (Lipinski definition) is 4. The van der Waals surface area contributed by atoms with Crippen molar-refractivity contribution >= 4 is 44.4 Å². The van der Waals surface area contributed by atoms with E-state index in [1.807, 2.05) is 0 Å². The van der Waals surface area contributed by atoms with Crippen LogP contribution >= 0.6 is 23.2 Å². The van der Waals surface area contributed by atoms with Gasteiger partial charge in [-0.2, -0.15) is 21.8 Å². The molecule has 0 unspecified atom stereocenters. The molecule has 0 N–H and O–H groups in total. The van der Waals surface area contributed by atoms with Crippen LogP contribution < -0.4 is 0 Å². The molecule has 10 heteroatoms. The second kappa shape index (κ2) is 5.24. The molecule has 7 nitrogen and oxygen atoms in total. The highest BCUT2D eigenvalue weighted by Gasteiger charge is 2.26. The van der Waals surface area contributed by atoms with Gasteiger partial charge < -0.3 is 0 Å². The maximum atomic E-state index is 12.7. The first-order valence-corrected chi connectivity index (χ1v) is 8.28. The van der Waals surface area contributed by atoms with Gasteiger partial charge >= 0.3 is 10.2 Å². The molecule has 0 saturated heterocycles. The van der Waals surface area contributed by atoms with Crippen molar-refractivity contribution in [3.05, 3.63) is 40.6 Å². The van der Waals surface area contributed by atoms with Gasteiger partial charge in [-0.1, -0.05) is 23.2 Å². The largest absolute Gasteiger partial charge is 0.310 e. The lowest BCUT2D eigenvalue weighted by molar-refractivity contribution is 0.510. The lowest BCUT2D eigenvalue weighted by Crippen LogP contribution is -2.30. The van der Waals surface area contributed by atoms with Gasteiger partial charge in [-0.15, -0.1) is 0 Å². The van der Waals surface area contributed by atoms with E-state index in [1.165, 1.54) is 37.1 Å². The Morgan fingerprint density at radius 2 is 1.86 bits per heavy atom. The van der Waals surface area contributed by atoms with Crippen molar-refractivity contribution in [3.63, 3.8) is 0 Å². The zero-order valence-corrected chi connectivity index (χ0v) is 13.9. The fraction of sp³-hybridized carbons (Fsp3) is 0.167. The molecule has 0 aliphatic carbocycles. The summed E-state index contributed by atoms with van der Waals surface area (Å²) < 4.78 is 28.8. The van der Waals surface area contributed by atoms with Crippen molar-refractivity contribution in [1.82, 2.24) is 23.0 Å². The summed E-state index contributed by atoms with van der Waals surface area (Å²) in [4.78, 5) is 4.32. The predicted molar refractivity (Wildman–Crippen MR) is 84.9 cm³/mol. The van der Waals surface area contributed by atoms with Gasteiger partial charge in [0, 0.05) is 26.5 Å². The number of rotatable bonds is 3. The minimum absolute atomic E-state index is 0.132. The molecule has 0 radical (unpaired) electrons. The Morgan fingerprint density at radius 3 is 2.45 bits per heavy atom. The third-order valence-electron chi connectivity index (χ3n) is 3.04. The Morgan fingerprint density at radius 1 is 1.18 bits per heavy atom. The third kappa shape index (κ3) is 2.28. The Kier molecular flexibility index (Phi) is 3.64. The molecule has 0 atom stereocenters. The fourth-order valence-corrected chi connectivity index (χ4v) is 3.33. The molecule has 0 spiro atoms. The lowest BCUT2D eigenvalue weighted by atomic mass is 10.3. The minimum Gasteiger partial charge on any atom is -0.210 e. The topological polar surface area (TPSA) is 73.0 Å². The van der Waals surface area contributed by atoms with Crippen LogP contribution in [-0.4, -0.2) is 45.6 Å². The second-order valence-electron chi connectivity index (χ2n) is 4.67. The van der Waals surface area contributed by atoms with Crippen LogP contribution in [0.1, 0.15) is 0 Å². The number of imidazole rings is 1. The van der Waals surface area contributed by atoms with Crippen LogP contribution in [0, 0.1) is 0 Å². The van der Waals surface area contributed by atoms with Gasteiger partial charge in [0.1, 0.15) is 0 Å². The van der Waals surface area contributed by atoms with Crippen LogP contribution in [0.3, 0.4) is 0 Å². The number of hydrogen-bond donors (Lipinski definition) is 0. The molecule has 22 heavy (non-hydrogen) atoms. The van der Waals surface area contributed by atoms with E-state index in [1.54, 1.807) is 12.3 Å². The number of aromatic nitrogens is 4. The summed E-state index contributed by atoms with van der Waals surface area (Å²) in [5.74, 6) is 0.132. The molecule has 3 aromatic rings. The summed E-state index contributed by atoms with van der Waals surface area (Å²) in [6, 6.07) is 4.67. The van der Waals surface area contributed by atoms with Crippen molar-refractivity contribution in [1.29, 1.82) is 0 Å². The average molecular weight is 360 g/mol. The van der Waals surface area contributed by atoms with Crippen molar-refractivity contribution in [2.24, 2.45) is 0 Å². The summed E-state index contributed by atoms with van der Waals surface area (Å²) in [5, 5.41) is 4.59. The van der Waals surface area contributed by atoms with Crippen LogP contribution in [0.5, 0.6) is 0 Å². The summed E-state index contributed by atoms with van der Waals surface area (Å²) in [6.45, 7) is 0. The van der Waals surface area contributed by atoms with E-state index in [0.29, 0.717) is 16.1 Å². The van der Waals surface area contributed by atoms with Crippen molar-refractivity contribution in [2.45, 2.75) is 0 Å².